The summed E-state index contributed by atoms with van der Waals surface area (Å²) in [4.78, 5) is 11.4. The molecule has 4 N–H and O–H groups in total. The first-order chi connectivity index (χ1) is 9.95. The molecule has 0 aromatic heterocycles. The standard InChI is InChI=1S/C16H17N3OS/c1-10-6-7-15(14(8-10)16(17)21)19-13-5-3-4-12(9-13)18-11(2)20/h3-9,19H,1-2H3,(H2,17,21)(H,18,20). The Bertz CT molecular complexity index is 698. The molecule has 0 bridgehead atoms. The molecule has 0 heterocycles. The third-order valence-electron chi connectivity index (χ3n) is 2.90. The van der Waals surface area contributed by atoms with Gasteiger partial charge in [0.1, 0.15) is 4.99 Å². The van der Waals surface area contributed by atoms with Crippen molar-refractivity contribution in [3.05, 3.63) is 53.6 Å². The van der Waals surface area contributed by atoms with Crippen molar-refractivity contribution in [3.8, 4) is 0 Å². The van der Waals surface area contributed by atoms with Crippen molar-refractivity contribution >= 4 is 40.2 Å². The molecule has 4 nitrogen and oxygen atoms in total. The molecule has 0 atom stereocenters. The summed E-state index contributed by atoms with van der Waals surface area (Å²) in [7, 11) is 0. The Balaban J connectivity index is 2.30. The van der Waals surface area contributed by atoms with Gasteiger partial charge in [-0.25, -0.2) is 0 Å². The summed E-state index contributed by atoms with van der Waals surface area (Å²) in [5.41, 5.74) is 10.1. The fourth-order valence-corrected chi connectivity index (χ4v) is 2.17. The van der Waals surface area contributed by atoms with Gasteiger partial charge in [-0.15, -0.1) is 0 Å². The number of carbonyl (C=O) groups is 1. The molecule has 1 amide bonds. The second-order valence-electron chi connectivity index (χ2n) is 4.80. The van der Waals surface area contributed by atoms with Crippen LogP contribution in [0.5, 0.6) is 0 Å². The molecule has 2 aromatic rings. The van der Waals surface area contributed by atoms with Gasteiger partial charge in [-0.3, -0.25) is 4.79 Å². The van der Waals surface area contributed by atoms with Gasteiger partial charge in [-0.2, -0.15) is 0 Å². The van der Waals surface area contributed by atoms with E-state index in [9.17, 15) is 4.79 Å². The van der Waals surface area contributed by atoms with Gasteiger partial charge in [-0.1, -0.05) is 29.9 Å². The maximum atomic E-state index is 11.1. The van der Waals surface area contributed by atoms with Crippen LogP contribution in [0.2, 0.25) is 0 Å². The number of benzene rings is 2. The van der Waals surface area contributed by atoms with Crippen molar-refractivity contribution in [1.29, 1.82) is 0 Å². The summed E-state index contributed by atoms with van der Waals surface area (Å²) < 4.78 is 0. The Morgan fingerprint density at radius 2 is 1.86 bits per heavy atom. The summed E-state index contributed by atoms with van der Waals surface area (Å²) in [5.74, 6) is -0.105. The molecule has 0 fully saturated rings. The zero-order chi connectivity index (χ0) is 15.4. The average molecular weight is 299 g/mol. The number of hydrogen-bond donors (Lipinski definition) is 3. The van der Waals surface area contributed by atoms with E-state index in [2.05, 4.69) is 10.6 Å². The molecule has 0 saturated heterocycles. The van der Waals surface area contributed by atoms with Gasteiger partial charge in [0.05, 0.1) is 0 Å². The van der Waals surface area contributed by atoms with Gasteiger partial charge in [-0.05, 0) is 37.3 Å². The third-order valence-corrected chi connectivity index (χ3v) is 3.12. The molecule has 0 saturated carbocycles. The molecule has 0 radical (unpaired) electrons. The summed E-state index contributed by atoms with van der Waals surface area (Å²) in [6.45, 7) is 3.47. The zero-order valence-corrected chi connectivity index (χ0v) is 12.8. The average Bonchev–Trinajstić information content (AvgIpc) is 2.40. The van der Waals surface area contributed by atoms with Crippen molar-refractivity contribution in [1.82, 2.24) is 0 Å². The van der Waals surface area contributed by atoms with E-state index in [0.717, 1.165) is 28.2 Å². The molecule has 21 heavy (non-hydrogen) atoms. The second-order valence-corrected chi connectivity index (χ2v) is 5.24. The van der Waals surface area contributed by atoms with Crippen LogP contribution in [-0.4, -0.2) is 10.9 Å². The van der Waals surface area contributed by atoms with E-state index in [1.807, 2.05) is 49.4 Å². The Labute approximate surface area is 129 Å². The number of carbonyl (C=O) groups excluding carboxylic acids is 1. The van der Waals surface area contributed by atoms with Gasteiger partial charge in [0.2, 0.25) is 5.91 Å². The van der Waals surface area contributed by atoms with Gasteiger partial charge < -0.3 is 16.4 Å². The Kier molecular flexibility index (Phi) is 4.55. The lowest BCUT2D eigenvalue weighted by atomic mass is 10.1. The lowest BCUT2D eigenvalue weighted by Crippen LogP contribution is -2.12. The van der Waals surface area contributed by atoms with Gasteiger partial charge in [0.15, 0.2) is 0 Å². The summed E-state index contributed by atoms with van der Waals surface area (Å²) in [5, 5.41) is 6.02. The van der Waals surface area contributed by atoms with E-state index in [0.29, 0.717) is 4.99 Å². The summed E-state index contributed by atoms with van der Waals surface area (Å²) in [6, 6.07) is 13.3. The molecule has 0 aliphatic heterocycles. The van der Waals surface area contributed by atoms with Gasteiger partial charge in [0, 0.05) is 29.5 Å². The smallest absolute Gasteiger partial charge is 0.221 e. The van der Waals surface area contributed by atoms with E-state index in [1.165, 1.54) is 6.92 Å². The highest BCUT2D eigenvalue weighted by molar-refractivity contribution is 7.80. The normalized spacial score (nSPS) is 10.0. The van der Waals surface area contributed by atoms with Crippen LogP contribution in [0.1, 0.15) is 18.1 Å². The number of nitrogens with two attached hydrogens (primary N) is 1. The number of aryl methyl sites for hydroxylation is 1. The Morgan fingerprint density at radius 3 is 2.52 bits per heavy atom. The summed E-state index contributed by atoms with van der Waals surface area (Å²) >= 11 is 5.09. The quantitative estimate of drug-likeness (QED) is 0.758. The molecule has 0 aliphatic rings. The largest absolute Gasteiger partial charge is 0.389 e. The van der Waals surface area contributed by atoms with Crippen LogP contribution in [-0.2, 0) is 4.79 Å². The molecular formula is C16H17N3OS. The first kappa shape index (κ1) is 15.0. The lowest BCUT2D eigenvalue weighted by molar-refractivity contribution is -0.114. The minimum atomic E-state index is -0.105. The van der Waals surface area contributed by atoms with Crippen LogP contribution in [0, 0.1) is 6.92 Å². The van der Waals surface area contributed by atoms with Crippen molar-refractivity contribution in [2.75, 3.05) is 10.6 Å². The number of nitrogens with one attached hydrogen (secondary N) is 2. The Morgan fingerprint density at radius 1 is 1.14 bits per heavy atom. The van der Waals surface area contributed by atoms with E-state index < -0.39 is 0 Å². The van der Waals surface area contributed by atoms with Crippen LogP contribution in [0.4, 0.5) is 17.1 Å². The number of rotatable bonds is 4. The van der Waals surface area contributed by atoms with E-state index >= 15 is 0 Å². The first-order valence-electron chi connectivity index (χ1n) is 6.51. The molecule has 2 aromatic carbocycles. The SMILES string of the molecule is CC(=O)Nc1cccc(Nc2ccc(C)cc2C(N)=S)c1. The van der Waals surface area contributed by atoms with Gasteiger partial charge >= 0.3 is 0 Å². The van der Waals surface area contributed by atoms with E-state index in [1.54, 1.807) is 0 Å². The molecule has 5 heteroatoms. The monoisotopic (exact) mass is 299 g/mol. The number of amides is 1. The maximum Gasteiger partial charge on any atom is 0.221 e. The molecule has 0 spiro atoms. The second kappa shape index (κ2) is 6.37. The van der Waals surface area contributed by atoms with Crippen LogP contribution in [0.15, 0.2) is 42.5 Å². The predicted octanol–water partition coefficient (Wildman–Crippen LogP) is 3.33. The number of hydrogen-bond acceptors (Lipinski definition) is 3. The molecule has 2 rings (SSSR count). The topological polar surface area (TPSA) is 67.2 Å². The molecule has 0 aliphatic carbocycles. The lowest BCUT2D eigenvalue weighted by Gasteiger charge is -2.13. The fraction of sp³-hybridized carbons (Fsp3) is 0.125. The highest BCUT2D eigenvalue weighted by Gasteiger charge is 2.06. The van der Waals surface area contributed by atoms with Crippen LogP contribution < -0.4 is 16.4 Å². The fourth-order valence-electron chi connectivity index (χ4n) is 2.00. The van der Waals surface area contributed by atoms with Crippen molar-refractivity contribution in [2.45, 2.75) is 13.8 Å². The first-order valence-corrected chi connectivity index (χ1v) is 6.91. The third kappa shape index (κ3) is 4.03. The minimum absolute atomic E-state index is 0.105. The number of anilines is 3. The van der Waals surface area contributed by atoms with E-state index in [4.69, 9.17) is 18.0 Å². The van der Waals surface area contributed by atoms with Crippen molar-refractivity contribution in [3.63, 3.8) is 0 Å². The molecule has 108 valence electrons. The highest BCUT2D eigenvalue weighted by Crippen LogP contribution is 2.24. The van der Waals surface area contributed by atoms with Gasteiger partial charge in [0.25, 0.3) is 0 Å². The predicted molar refractivity (Wildman–Crippen MR) is 91.1 cm³/mol. The van der Waals surface area contributed by atoms with Crippen molar-refractivity contribution < 1.29 is 4.79 Å². The molecular weight excluding hydrogens is 282 g/mol. The van der Waals surface area contributed by atoms with Crippen LogP contribution >= 0.6 is 12.2 Å². The van der Waals surface area contributed by atoms with E-state index in [-0.39, 0.29) is 5.91 Å². The maximum absolute atomic E-state index is 11.1. The van der Waals surface area contributed by atoms with Crippen molar-refractivity contribution in [2.24, 2.45) is 5.73 Å². The molecule has 0 unspecified atom stereocenters. The number of thiocarbonyl (C=S) groups is 1. The Hall–Kier alpha value is -2.40. The van der Waals surface area contributed by atoms with Crippen LogP contribution in [0.25, 0.3) is 0 Å². The minimum Gasteiger partial charge on any atom is -0.389 e. The van der Waals surface area contributed by atoms with Crippen LogP contribution in [0.3, 0.4) is 0 Å². The zero-order valence-electron chi connectivity index (χ0n) is 11.9. The summed E-state index contributed by atoms with van der Waals surface area (Å²) in [6.07, 6.45) is 0. The highest BCUT2D eigenvalue weighted by atomic mass is 32.1.